The maximum Gasteiger partial charge on any atom is 0.337 e. The van der Waals surface area contributed by atoms with Crippen molar-refractivity contribution in [1.29, 1.82) is 5.26 Å². The first-order chi connectivity index (χ1) is 17.3. The number of halogens is 1. The zero-order chi connectivity index (χ0) is 26.1. The van der Waals surface area contributed by atoms with E-state index in [-0.39, 0.29) is 12.2 Å². The molecule has 36 heavy (non-hydrogen) atoms. The highest BCUT2D eigenvalue weighted by Crippen LogP contribution is 2.23. The number of hydrogen-bond acceptors (Lipinski definition) is 6. The molecule has 0 saturated heterocycles. The lowest BCUT2D eigenvalue weighted by molar-refractivity contribution is -0.118. The van der Waals surface area contributed by atoms with Crippen LogP contribution in [0, 0.1) is 18.3 Å². The van der Waals surface area contributed by atoms with E-state index in [9.17, 15) is 19.6 Å². The Bertz CT molecular complexity index is 1360. The number of carbonyl (C=O) groups excluding carboxylic acids is 3. The SMILES string of the molecule is COC(=O)c1ccc(NC(=O)/C(C#N)=C\c2ccccc2OCC(=O)Nc2ccc(C)c(Cl)c2)cc1. The fourth-order valence-corrected chi connectivity index (χ4v) is 3.23. The summed E-state index contributed by atoms with van der Waals surface area (Å²) < 4.78 is 10.3. The van der Waals surface area contributed by atoms with Crippen molar-refractivity contribution in [3.63, 3.8) is 0 Å². The Labute approximate surface area is 213 Å². The van der Waals surface area contributed by atoms with Gasteiger partial charge in [0.15, 0.2) is 6.61 Å². The Kier molecular flexibility index (Phi) is 8.81. The number of nitriles is 1. The summed E-state index contributed by atoms with van der Waals surface area (Å²) in [5.41, 5.74) is 2.41. The van der Waals surface area contributed by atoms with Gasteiger partial charge in [-0.1, -0.05) is 35.9 Å². The van der Waals surface area contributed by atoms with Crippen molar-refractivity contribution in [1.82, 2.24) is 0 Å². The molecule has 0 radical (unpaired) electrons. The second-order valence-corrected chi connectivity index (χ2v) is 7.94. The van der Waals surface area contributed by atoms with Crippen LogP contribution in [0.4, 0.5) is 11.4 Å². The standard InChI is InChI=1S/C27H22ClN3O5/c1-17-7-10-22(14-23(17)28)30-25(32)16-36-24-6-4-3-5-19(24)13-20(15-29)26(33)31-21-11-8-18(9-12-21)27(34)35-2/h3-14H,16H2,1-2H3,(H,30,32)(H,31,33)/b20-13-. The van der Waals surface area contributed by atoms with Crippen molar-refractivity contribution in [2.45, 2.75) is 6.92 Å². The van der Waals surface area contributed by atoms with E-state index in [1.165, 1.54) is 37.5 Å². The topological polar surface area (TPSA) is 118 Å². The maximum atomic E-state index is 12.6. The van der Waals surface area contributed by atoms with Gasteiger partial charge in [-0.3, -0.25) is 9.59 Å². The highest BCUT2D eigenvalue weighted by atomic mass is 35.5. The minimum Gasteiger partial charge on any atom is -0.483 e. The molecule has 3 aromatic carbocycles. The van der Waals surface area contributed by atoms with Gasteiger partial charge in [0, 0.05) is 22.0 Å². The molecule has 3 aromatic rings. The molecule has 0 unspecified atom stereocenters. The third-order valence-electron chi connectivity index (χ3n) is 4.96. The molecule has 0 heterocycles. The number of nitrogens with zero attached hydrogens (tertiary/aromatic N) is 1. The van der Waals surface area contributed by atoms with Crippen LogP contribution in [0.3, 0.4) is 0 Å². The molecule has 2 N–H and O–H groups in total. The summed E-state index contributed by atoms with van der Waals surface area (Å²) in [7, 11) is 1.27. The van der Waals surface area contributed by atoms with Gasteiger partial charge in [0.25, 0.3) is 11.8 Å². The molecule has 0 spiro atoms. The number of para-hydroxylation sites is 1. The van der Waals surface area contributed by atoms with Crippen LogP contribution in [-0.2, 0) is 14.3 Å². The summed E-state index contributed by atoms with van der Waals surface area (Å²) >= 11 is 6.09. The summed E-state index contributed by atoms with van der Waals surface area (Å²) in [5.74, 6) is -1.23. The number of benzene rings is 3. The number of esters is 1. The first kappa shape index (κ1) is 26.0. The molecule has 0 aliphatic carbocycles. The van der Waals surface area contributed by atoms with Crippen LogP contribution in [0.2, 0.25) is 5.02 Å². The summed E-state index contributed by atoms with van der Waals surface area (Å²) in [6.07, 6.45) is 1.37. The van der Waals surface area contributed by atoms with Gasteiger partial charge in [0.1, 0.15) is 17.4 Å². The molecule has 3 rings (SSSR count). The van der Waals surface area contributed by atoms with Crippen LogP contribution in [0.15, 0.2) is 72.3 Å². The summed E-state index contributed by atoms with van der Waals surface area (Å²) in [6.45, 7) is 1.56. The molecule has 0 aliphatic heterocycles. The van der Waals surface area contributed by atoms with Crippen LogP contribution in [-0.4, -0.2) is 31.5 Å². The molecule has 182 valence electrons. The quantitative estimate of drug-likeness (QED) is 0.254. The number of aryl methyl sites for hydroxylation is 1. The number of rotatable bonds is 8. The summed E-state index contributed by atoms with van der Waals surface area (Å²) in [6, 6.07) is 19.8. The zero-order valence-electron chi connectivity index (χ0n) is 19.5. The lowest BCUT2D eigenvalue weighted by Gasteiger charge is -2.11. The fraction of sp³-hybridized carbons (Fsp3) is 0.111. The molecule has 0 aromatic heterocycles. The van der Waals surface area contributed by atoms with Gasteiger partial charge >= 0.3 is 5.97 Å². The third kappa shape index (κ3) is 6.95. The van der Waals surface area contributed by atoms with Gasteiger partial charge in [0.05, 0.1) is 12.7 Å². The first-order valence-electron chi connectivity index (χ1n) is 10.7. The number of anilines is 2. The number of methoxy groups -OCH3 is 1. The Balaban J connectivity index is 1.68. The van der Waals surface area contributed by atoms with Crippen LogP contribution in [0.5, 0.6) is 5.75 Å². The van der Waals surface area contributed by atoms with Gasteiger partial charge in [-0.15, -0.1) is 0 Å². The van der Waals surface area contributed by atoms with E-state index in [0.717, 1.165) is 5.56 Å². The van der Waals surface area contributed by atoms with Crippen LogP contribution >= 0.6 is 11.6 Å². The first-order valence-corrected chi connectivity index (χ1v) is 11.1. The predicted molar refractivity (Wildman–Crippen MR) is 137 cm³/mol. The highest BCUT2D eigenvalue weighted by molar-refractivity contribution is 6.31. The molecule has 0 saturated carbocycles. The van der Waals surface area contributed by atoms with E-state index in [1.54, 1.807) is 42.5 Å². The largest absolute Gasteiger partial charge is 0.483 e. The fourth-order valence-electron chi connectivity index (χ4n) is 3.05. The molecule has 0 fully saturated rings. The Morgan fingerprint density at radius 3 is 2.36 bits per heavy atom. The van der Waals surface area contributed by atoms with Gasteiger partial charge in [-0.25, -0.2) is 4.79 Å². The summed E-state index contributed by atoms with van der Waals surface area (Å²) in [4.78, 5) is 36.5. The smallest absolute Gasteiger partial charge is 0.337 e. The molecular weight excluding hydrogens is 482 g/mol. The van der Waals surface area contributed by atoms with Crippen LogP contribution in [0.1, 0.15) is 21.5 Å². The van der Waals surface area contributed by atoms with Crippen LogP contribution in [0.25, 0.3) is 6.08 Å². The number of hydrogen-bond donors (Lipinski definition) is 2. The average molecular weight is 504 g/mol. The van der Waals surface area contributed by atoms with E-state index in [0.29, 0.717) is 33.3 Å². The minimum absolute atomic E-state index is 0.179. The van der Waals surface area contributed by atoms with E-state index < -0.39 is 17.8 Å². The molecule has 0 aliphatic rings. The Hall–Kier alpha value is -4.61. The van der Waals surface area contributed by atoms with E-state index in [4.69, 9.17) is 16.3 Å². The average Bonchev–Trinajstić information content (AvgIpc) is 2.88. The number of amides is 2. The Morgan fingerprint density at radius 2 is 1.69 bits per heavy atom. The van der Waals surface area contributed by atoms with Gasteiger partial charge in [-0.2, -0.15) is 5.26 Å². The van der Waals surface area contributed by atoms with Gasteiger partial charge in [-0.05, 0) is 61.0 Å². The van der Waals surface area contributed by atoms with E-state index in [1.807, 2.05) is 13.0 Å². The molecule has 0 bridgehead atoms. The molecule has 8 nitrogen and oxygen atoms in total. The molecular formula is C27H22ClN3O5. The molecule has 0 atom stereocenters. The van der Waals surface area contributed by atoms with Crippen molar-refractivity contribution in [3.05, 3.63) is 94.0 Å². The van der Waals surface area contributed by atoms with Gasteiger partial charge in [0.2, 0.25) is 0 Å². The minimum atomic E-state index is -0.646. The molecule has 9 heteroatoms. The van der Waals surface area contributed by atoms with Crippen molar-refractivity contribution in [3.8, 4) is 11.8 Å². The van der Waals surface area contributed by atoms with Crippen molar-refractivity contribution < 1.29 is 23.9 Å². The lowest BCUT2D eigenvalue weighted by atomic mass is 10.1. The third-order valence-corrected chi connectivity index (χ3v) is 5.37. The van der Waals surface area contributed by atoms with Crippen molar-refractivity contribution >= 4 is 46.8 Å². The zero-order valence-corrected chi connectivity index (χ0v) is 20.3. The molecule has 2 amide bonds. The number of ether oxygens (including phenoxy) is 2. The Morgan fingerprint density at radius 1 is 1.00 bits per heavy atom. The van der Waals surface area contributed by atoms with Crippen molar-refractivity contribution in [2.75, 3.05) is 24.4 Å². The lowest BCUT2D eigenvalue weighted by Crippen LogP contribution is -2.20. The van der Waals surface area contributed by atoms with Gasteiger partial charge < -0.3 is 20.1 Å². The predicted octanol–water partition coefficient (Wildman–Crippen LogP) is 5.00. The van der Waals surface area contributed by atoms with Crippen LogP contribution < -0.4 is 15.4 Å². The number of carbonyl (C=O) groups is 3. The van der Waals surface area contributed by atoms with E-state index in [2.05, 4.69) is 15.4 Å². The van der Waals surface area contributed by atoms with Crippen molar-refractivity contribution in [2.24, 2.45) is 0 Å². The second-order valence-electron chi connectivity index (χ2n) is 7.53. The van der Waals surface area contributed by atoms with E-state index >= 15 is 0 Å². The normalized spacial score (nSPS) is 10.7. The monoisotopic (exact) mass is 503 g/mol. The maximum absolute atomic E-state index is 12.6. The second kappa shape index (κ2) is 12.2. The highest BCUT2D eigenvalue weighted by Gasteiger charge is 2.13. The summed E-state index contributed by atoms with van der Waals surface area (Å²) in [5, 5.41) is 15.4. The number of nitrogens with one attached hydrogen (secondary N) is 2.